The molecule has 122 valence electrons. The zero-order valence-corrected chi connectivity index (χ0v) is 12.0. The van der Waals surface area contributed by atoms with E-state index in [1.807, 2.05) is 0 Å². The van der Waals surface area contributed by atoms with E-state index in [0.717, 1.165) is 12.1 Å². The fraction of sp³-hybridized carbons (Fsp3) is 0.200. The van der Waals surface area contributed by atoms with E-state index >= 15 is 0 Å². The van der Waals surface area contributed by atoms with Crippen LogP contribution in [0.15, 0.2) is 42.5 Å². The largest absolute Gasteiger partial charge is 0.492 e. The van der Waals surface area contributed by atoms with Gasteiger partial charge in [0.1, 0.15) is 17.7 Å². The topological polar surface area (TPSA) is 49.7 Å². The van der Waals surface area contributed by atoms with Crippen molar-refractivity contribution in [1.82, 2.24) is 0 Å². The Hall–Kier alpha value is -2.06. The Morgan fingerprint density at radius 1 is 1.04 bits per heavy atom. The van der Waals surface area contributed by atoms with Gasteiger partial charge in [-0.2, -0.15) is 13.2 Å². The van der Waals surface area contributed by atoms with Crippen LogP contribution in [0.4, 0.5) is 17.6 Å². The molecule has 1 atom stereocenters. The maximum Gasteiger partial charge on any atom is 0.492 e. The van der Waals surface area contributed by atoms with Crippen LogP contribution in [0.2, 0.25) is 0 Å². The number of hydrogen-bond acceptors (Lipinski definition) is 3. The molecule has 2 rings (SSSR count). The average Bonchev–Trinajstić information content (AvgIpc) is 2.46. The molecule has 0 radical (unpaired) electrons. The summed E-state index contributed by atoms with van der Waals surface area (Å²) >= 11 is 0. The van der Waals surface area contributed by atoms with E-state index in [1.54, 1.807) is 6.92 Å². The molecule has 0 amide bonds. The third-order valence-corrected chi connectivity index (χ3v) is 3.26. The Balaban J connectivity index is 2.34. The summed E-state index contributed by atoms with van der Waals surface area (Å²) in [6, 6.07) is 7.65. The van der Waals surface area contributed by atoms with Crippen LogP contribution in [0.3, 0.4) is 0 Å². The van der Waals surface area contributed by atoms with Crippen molar-refractivity contribution in [1.29, 1.82) is 0 Å². The highest BCUT2D eigenvalue weighted by molar-refractivity contribution is 6.59. The number of rotatable bonds is 4. The van der Waals surface area contributed by atoms with Gasteiger partial charge >= 0.3 is 13.3 Å². The molecule has 0 aliphatic heterocycles. The quantitative estimate of drug-likeness (QED) is 0.670. The standard InChI is InChI=1S/C15H13BF4O3/c1-9(10-2-5-12(17)6-3-10)23-14-8-11(15(18,19)20)4-7-13(14)16(21)22/h2-9,21-22H,1H3. The van der Waals surface area contributed by atoms with Crippen molar-refractivity contribution < 1.29 is 32.3 Å². The predicted molar refractivity (Wildman–Crippen MR) is 76.7 cm³/mol. The minimum Gasteiger partial charge on any atom is -0.486 e. The maximum absolute atomic E-state index is 12.9. The molecular formula is C15H13BF4O3. The molecule has 2 aromatic rings. The molecule has 0 aromatic heterocycles. The molecule has 3 nitrogen and oxygen atoms in total. The number of ether oxygens (including phenoxy) is 1. The van der Waals surface area contributed by atoms with Crippen molar-refractivity contribution in [3.63, 3.8) is 0 Å². The fourth-order valence-electron chi connectivity index (χ4n) is 2.02. The molecule has 2 aromatic carbocycles. The summed E-state index contributed by atoms with van der Waals surface area (Å²) in [6.45, 7) is 1.56. The predicted octanol–water partition coefficient (Wildman–Crippen LogP) is 2.66. The third-order valence-electron chi connectivity index (χ3n) is 3.26. The van der Waals surface area contributed by atoms with E-state index in [1.165, 1.54) is 24.3 Å². The minimum atomic E-state index is -4.59. The second kappa shape index (κ2) is 6.60. The lowest BCUT2D eigenvalue weighted by Crippen LogP contribution is -2.32. The number of alkyl halides is 3. The first kappa shape index (κ1) is 17.3. The SMILES string of the molecule is CC(Oc1cc(C(F)(F)F)ccc1B(O)O)c1ccc(F)cc1. The Kier molecular flexibility index (Phi) is 4.96. The van der Waals surface area contributed by atoms with Crippen LogP contribution in [0.25, 0.3) is 0 Å². The van der Waals surface area contributed by atoms with Crippen LogP contribution in [0.1, 0.15) is 24.2 Å². The molecule has 0 fully saturated rings. The van der Waals surface area contributed by atoms with Gasteiger partial charge in [-0.15, -0.1) is 0 Å². The van der Waals surface area contributed by atoms with Gasteiger partial charge in [0.25, 0.3) is 0 Å². The Morgan fingerprint density at radius 2 is 1.65 bits per heavy atom. The molecule has 0 heterocycles. The van der Waals surface area contributed by atoms with Gasteiger partial charge in [-0.05, 0) is 30.7 Å². The summed E-state index contributed by atoms with van der Waals surface area (Å²) in [5.74, 6) is -0.752. The number of hydrogen-bond donors (Lipinski definition) is 2. The molecule has 8 heteroatoms. The second-order valence-corrected chi connectivity index (χ2v) is 4.94. The van der Waals surface area contributed by atoms with Gasteiger partial charge in [0.2, 0.25) is 0 Å². The highest BCUT2D eigenvalue weighted by Gasteiger charge is 2.32. The average molecular weight is 328 g/mol. The van der Waals surface area contributed by atoms with Gasteiger partial charge < -0.3 is 14.8 Å². The summed E-state index contributed by atoms with van der Waals surface area (Å²) in [5, 5.41) is 18.5. The zero-order valence-electron chi connectivity index (χ0n) is 12.0. The molecule has 0 saturated carbocycles. The maximum atomic E-state index is 12.9. The van der Waals surface area contributed by atoms with Crippen LogP contribution in [0, 0.1) is 5.82 Å². The fourth-order valence-corrected chi connectivity index (χ4v) is 2.02. The molecule has 0 bridgehead atoms. The molecule has 2 N–H and O–H groups in total. The van der Waals surface area contributed by atoms with Crippen molar-refractivity contribution in [3.05, 3.63) is 59.4 Å². The van der Waals surface area contributed by atoms with Crippen LogP contribution >= 0.6 is 0 Å². The van der Waals surface area contributed by atoms with Crippen LogP contribution in [-0.4, -0.2) is 17.2 Å². The monoisotopic (exact) mass is 328 g/mol. The van der Waals surface area contributed by atoms with Gasteiger partial charge in [0, 0.05) is 5.46 Å². The number of benzene rings is 2. The van der Waals surface area contributed by atoms with Gasteiger partial charge in [-0.25, -0.2) is 4.39 Å². The summed E-state index contributed by atoms with van der Waals surface area (Å²) in [7, 11) is -1.98. The second-order valence-electron chi connectivity index (χ2n) is 4.94. The van der Waals surface area contributed by atoms with Gasteiger partial charge in [0.05, 0.1) is 5.56 Å². The van der Waals surface area contributed by atoms with Gasteiger partial charge in [0.15, 0.2) is 0 Å². The first-order valence-electron chi connectivity index (χ1n) is 6.68. The van der Waals surface area contributed by atoms with Gasteiger partial charge in [-0.3, -0.25) is 0 Å². The Labute approximate surface area is 130 Å². The van der Waals surface area contributed by atoms with Crippen LogP contribution < -0.4 is 10.2 Å². The van der Waals surface area contributed by atoms with E-state index in [2.05, 4.69) is 0 Å². The van der Waals surface area contributed by atoms with Crippen LogP contribution in [-0.2, 0) is 6.18 Å². The van der Waals surface area contributed by atoms with Crippen LogP contribution in [0.5, 0.6) is 5.75 Å². The van der Waals surface area contributed by atoms with Crippen molar-refractivity contribution in [2.75, 3.05) is 0 Å². The van der Waals surface area contributed by atoms with Crippen molar-refractivity contribution >= 4 is 12.6 Å². The van der Waals surface area contributed by atoms with E-state index in [4.69, 9.17) is 4.74 Å². The highest BCUT2D eigenvalue weighted by Crippen LogP contribution is 2.32. The molecule has 23 heavy (non-hydrogen) atoms. The molecule has 0 saturated heterocycles. The smallest absolute Gasteiger partial charge is 0.486 e. The summed E-state index contributed by atoms with van der Waals surface area (Å²) in [5.41, 5.74) is -0.627. The lowest BCUT2D eigenvalue weighted by Gasteiger charge is -2.19. The Morgan fingerprint density at radius 3 is 2.17 bits per heavy atom. The molecule has 0 aliphatic rings. The highest BCUT2D eigenvalue weighted by atomic mass is 19.4. The molecule has 0 spiro atoms. The lowest BCUT2D eigenvalue weighted by atomic mass is 9.79. The normalized spacial score (nSPS) is 12.8. The van der Waals surface area contributed by atoms with Crippen molar-refractivity contribution in [2.24, 2.45) is 0 Å². The first-order chi connectivity index (χ1) is 10.7. The minimum absolute atomic E-state index is 0.188. The van der Waals surface area contributed by atoms with Crippen molar-refractivity contribution in [3.8, 4) is 5.75 Å². The zero-order chi connectivity index (χ0) is 17.2. The number of halogens is 4. The van der Waals surface area contributed by atoms with Crippen molar-refractivity contribution in [2.45, 2.75) is 19.2 Å². The Bertz CT molecular complexity index is 671. The molecular weight excluding hydrogens is 315 g/mol. The van der Waals surface area contributed by atoms with E-state index in [-0.39, 0.29) is 11.2 Å². The van der Waals surface area contributed by atoms with E-state index < -0.39 is 30.8 Å². The summed E-state index contributed by atoms with van der Waals surface area (Å²) in [4.78, 5) is 0. The molecule has 1 unspecified atom stereocenters. The molecule has 0 aliphatic carbocycles. The third kappa shape index (κ3) is 4.23. The lowest BCUT2D eigenvalue weighted by molar-refractivity contribution is -0.137. The van der Waals surface area contributed by atoms with E-state index in [9.17, 15) is 27.6 Å². The summed E-state index contributed by atoms with van der Waals surface area (Å²) in [6.07, 6.45) is -5.30. The van der Waals surface area contributed by atoms with Gasteiger partial charge in [-0.1, -0.05) is 24.3 Å². The first-order valence-corrected chi connectivity index (χ1v) is 6.68. The summed E-state index contributed by atoms with van der Waals surface area (Å²) < 4.78 is 56.7. The van der Waals surface area contributed by atoms with E-state index in [0.29, 0.717) is 11.6 Å².